The molecule has 2 aromatic rings. The molecular formula is C24H27N3O5S. The molecule has 8 nitrogen and oxygen atoms in total. The molecule has 0 saturated carbocycles. The molecule has 0 unspecified atom stereocenters. The highest BCUT2D eigenvalue weighted by Gasteiger charge is 2.37. The van der Waals surface area contributed by atoms with E-state index in [2.05, 4.69) is 10.3 Å². The van der Waals surface area contributed by atoms with Crippen molar-refractivity contribution >= 4 is 40.0 Å². The summed E-state index contributed by atoms with van der Waals surface area (Å²) in [6.45, 7) is 4.88. The first-order valence-corrected chi connectivity index (χ1v) is 12.0. The van der Waals surface area contributed by atoms with E-state index >= 15 is 0 Å². The fourth-order valence-electron chi connectivity index (χ4n) is 4.40. The Morgan fingerprint density at radius 3 is 2.82 bits per heavy atom. The monoisotopic (exact) mass is 469 g/mol. The normalized spacial score (nSPS) is 20.2. The zero-order chi connectivity index (χ0) is 23.5. The Kier molecular flexibility index (Phi) is 6.88. The van der Waals surface area contributed by atoms with Crippen molar-refractivity contribution in [2.24, 2.45) is 11.8 Å². The molecule has 2 atom stereocenters. The van der Waals surface area contributed by atoms with Crippen molar-refractivity contribution in [3.8, 4) is 0 Å². The fourth-order valence-corrected chi connectivity index (χ4v) is 5.34. The van der Waals surface area contributed by atoms with Crippen LogP contribution < -0.4 is 5.32 Å². The van der Waals surface area contributed by atoms with E-state index in [0.29, 0.717) is 53.8 Å². The van der Waals surface area contributed by atoms with Gasteiger partial charge >= 0.3 is 5.97 Å². The maximum Gasteiger partial charge on any atom is 0.310 e. The first-order chi connectivity index (χ1) is 15.9. The molecule has 1 aliphatic heterocycles. The highest BCUT2D eigenvalue weighted by atomic mass is 32.1. The minimum atomic E-state index is -0.506. The van der Waals surface area contributed by atoms with Gasteiger partial charge in [0.2, 0.25) is 5.91 Å². The van der Waals surface area contributed by atoms with Crippen LogP contribution >= 0.6 is 11.3 Å². The number of anilines is 1. The maximum absolute atomic E-state index is 13.2. The summed E-state index contributed by atoms with van der Waals surface area (Å²) in [5.41, 5.74) is 2.04. The van der Waals surface area contributed by atoms with Crippen LogP contribution in [0.1, 0.15) is 57.5 Å². The summed E-state index contributed by atoms with van der Waals surface area (Å²) >= 11 is 1.15. The van der Waals surface area contributed by atoms with Crippen LogP contribution in [0.3, 0.4) is 0 Å². The number of hydrogen-bond acceptors (Lipinski definition) is 7. The lowest BCUT2D eigenvalue weighted by Gasteiger charge is -2.34. The lowest BCUT2D eigenvalue weighted by atomic mass is 9.87. The summed E-state index contributed by atoms with van der Waals surface area (Å²) in [5, 5.41) is 3.13. The van der Waals surface area contributed by atoms with Crippen molar-refractivity contribution in [1.29, 1.82) is 0 Å². The van der Waals surface area contributed by atoms with Gasteiger partial charge in [0, 0.05) is 31.5 Å². The highest BCUT2D eigenvalue weighted by Crippen LogP contribution is 2.34. The number of amides is 2. The minimum Gasteiger partial charge on any atom is -0.466 e. The van der Waals surface area contributed by atoms with Crippen molar-refractivity contribution in [3.05, 3.63) is 46.0 Å². The van der Waals surface area contributed by atoms with Crippen LogP contribution in [0.15, 0.2) is 24.3 Å². The average molecular weight is 470 g/mol. The van der Waals surface area contributed by atoms with Crippen molar-refractivity contribution in [1.82, 2.24) is 9.88 Å². The predicted octanol–water partition coefficient (Wildman–Crippen LogP) is 3.25. The molecule has 1 aromatic heterocycles. The largest absolute Gasteiger partial charge is 0.466 e. The Morgan fingerprint density at radius 2 is 2.06 bits per heavy atom. The topological polar surface area (TPSA) is 106 Å². The second kappa shape index (κ2) is 9.82. The van der Waals surface area contributed by atoms with Gasteiger partial charge in [-0.25, -0.2) is 4.98 Å². The first-order valence-electron chi connectivity index (χ1n) is 11.2. The van der Waals surface area contributed by atoms with Crippen LogP contribution in [0.2, 0.25) is 0 Å². The summed E-state index contributed by atoms with van der Waals surface area (Å²) in [4.78, 5) is 57.2. The predicted molar refractivity (Wildman–Crippen MR) is 123 cm³/mol. The zero-order valence-corrected chi connectivity index (χ0v) is 19.6. The molecule has 1 fully saturated rings. The van der Waals surface area contributed by atoms with Gasteiger partial charge in [0.1, 0.15) is 0 Å². The smallest absolute Gasteiger partial charge is 0.310 e. The number of aryl methyl sites for hydroxylation is 1. The van der Waals surface area contributed by atoms with E-state index in [4.69, 9.17) is 4.74 Å². The lowest BCUT2D eigenvalue weighted by molar-refractivity contribution is -0.152. The Balaban J connectivity index is 1.43. The number of benzene rings is 1. The third kappa shape index (κ3) is 5.13. The number of carbonyl (C=O) groups excluding carboxylic acids is 4. The van der Waals surface area contributed by atoms with E-state index in [1.807, 2.05) is 19.1 Å². The van der Waals surface area contributed by atoms with Gasteiger partial charge in [-0.1, -0.05) is 29.0 Å². The number of carbonyl (C=O) groups is 4. The fraction of sp³-hybridized carbons (Fsp3) is 0.458. The zero-order valence-electron chi connectivity index (χ0n) is 18.8. The molecule has 2 amide bonds. The van der Waals surface area contributed by atoms with Gasteiger partial charge in [-0.3, -0.25) is 24.5 Å². The molecule has 2 heterocycles. The summed E-state index contributed by atoms with van der Waals surface area (Å²) in [5.74, 6) is -1.65. The van der Waals surface area contributed by atoms with E-state index < -0.39 is 5.92 Å². The van der Waals surface area contributed by atoms with Crippen LogP contribution in [0, 0.1) is 18.8 Å². The van der Waals surface area contributed by atoms with Crippen molar-refractivity contribution in [2.45, 2.75) is 39.5 Å². The van der Waals surface area contributed by atoms with Crippen molar-refractivity contribution in [2.75, 3.05) is 25.0 Å². The number of aromatic nitrogens is 1. The van der Waals surface area contributed by atoms with E-state index in [1.165, 1.54) is 0 Å². The van der Waals surface area contributed by atoms with E-state index in [0.717, 1.165) is 23.3 Å². The van der Waals surface area contributed by atoms with Gasteiger partial charge in [0.25, 0.3) is 5.91 Å². The van der Waals surface area contributed by atoms with Crippen LogP contribution in [-0.2, 0) is 20.7 Å². The average Bonchev–Trinajstić information content (AvgIpc) is 3.22. The number of fused-ring (bicyclic) bond motifs is 1. The van der Waals surface area contributed by atoms with E-state index in [-0.39, 0.29) is 35.9 Å². The number of hydrogen-bond donors (Lipinski definition) is 1. The van der Waals surface area contributed by atoms with Crippen LogP contribution in [0.5, 0.6) is 0 Å². The van der Waals surface area contributed by atoms with Gasteiger partial charge in [0.05, 0.1) is 29.0 Å². The van der Waals surface area contributed by atoms with Crippen LogP contribution in [0.25, 0.3) is 0 Å². The summed E-state index contributed by atoms with van der Waals surface area (Å²) < 4.78 is 5.12. The molecule has 0 bridgehead atoms. The highest BCUT2D eigenvalue weighted by molar-refractivity contribution is 7.17. The number of nitrogens with one attached hydrogen (secondary N) is 1. The Hall–Kier alpha value is -3.07. The Labute approximate surface area is 196 Å². The van der Waals surface area contributed by atoms with E-state index in [9.17, 15) is 19.2 Å². The molecule has 0 spiro atoms. The quantitative estimate of drug-likeness (QED) is 0.674. The number of esters is 1. The summed E-state index contributed by atoms with van der Waals surface area (Å²) in [6.07, 6.45) is 1.89. The molecular weight excluding hydrogens is 442 g/mol. The summed E-state index contributed by atoms with van der Waals surface area (Å²) in [7, 11) is 0. The maximum atomic E-state index is 13.2. The lowest BCUT2D eigenvalue weighted by Crippen LogP contribution is -2.46. The van der Waals surface area contributed by atoms with Gasteiger partial charge in [-0.05, 0) is 38.8 Å². The number of nitrogens with zero attached hydrogens (tertiary/aromatic N) is 2. The SMILES string of the molecule is CCOC(=O)[C@@H]1CCCN(C(=O)[C@H]2CC(=O)c3sc(NC(=O)c4cccc(C)c4)nc3C2)C1. The minimum absolute atomic E-state index is 0.111. The molecule has 4 rings (SSSR count). The van der Waals surface area contributed by atoms with Gasteiger partial charge in [-0.2, -0.15) is 0 Å². The van der Waals surface area contributed by atoms with E-state index in [1.54, 1.807) is 24.0 Å². The molecule has 33 heavy (non-hydrogen) atoms. The third-order valence-corrected chi connectivity index (χ3v) is 7.08. The van der Waals surface area contributed by atoms with Gasteiger partial charge < -0.3 is 9.64 Å². The standard InChI is InChI=1S/C24H27N3O5S/c1-3-32-23(31)16-8-5-9-27(13-16)22(30)17-11-18-20(19(28)12-17)33-24(25-18)26-21(29)15-7-4-6-14(2)10-15/h4,6-7,10,16-17H,3,5,8-9,11-13H2,1-2H3,(H,25,26,29)/t16-,17-/m1/s1. The molecule has 1 aliphatic carbocycles. The molecule has 1 N–H and O–H groups in total. The number of likely N-dealkylation sites (tertiary alicyclic amines) is 1. The molecule has 1 aromatic carbocycles. The Bertz CT molecular complexity index is 1100. The number of rotatable bonds is 5. The number of piperidine rings is 1. The molecule has 1 saturated heterocycles. The van der Waals surface area contributed by atoms with Gasteiger partial charge in [0.15, 0.2) is 10.9 Å². The van der Waals surface area contributed by atoms with Crippen molar-refractivity contribution in [3.63, 3.8) is 0 Å². The number of thiazole rings is 1. The number of ketones is 1. The molecule has 174 valence electrons. The second-order valence-electron chi connectivity index (χ2n) is 8.52. The second-order valence-corrected chi connectivity index (χ2v) is 9.52. The molecule has 2 aliphatic rings. The Morgan fingerprint density at radius 1 is 1.24 bits per heavy atom. The van der Waals surface area contributed by atoms with Crippen LogP contribution in [-0.4, -0.2) is 53.1 Å². The number of Topliss-reactive ketones (excluding diaryl/α,β-unsaturated/α-hetero) is 1. The van der Waals surface area contributed by atoms with Crippen LogP contribution in [0.4, 0.5) is 5.13 Å². The molecule has 0 radical (unpaired) electrons. The third-order valence-electron chi connectivity index (χ3n) is 6.03. The molecule has 9 heteroatoms. The van der Waals surface area contributed by atoms with Crippen molar-refractivity contribution < 1.29 is 23.9 Å². The number of ether oxygens (including phenoxy) is 1. The first kappa shape index (κ1) is 23.1. The summed E-state index contributed by atoms with van der Waals surface area (Å²) in [6, 6.07) is 7.22. The van der Waals surface area contributed by atoms with Gasteiger partial charge in [-0.15, -0.1) is 0 Å².